The van der Waals surface area contributed by atoms with Gasteiger partial charge in [-0.3, -0.25) is 9.59 Å². The highest BCUT2D eigenvalue weighted by molar-refractivity contribution is 5.94. The monoisotopic (exact) mass is 389 g/mol. The summed E-state index contributed by atoms with van der Waals surface area (Å²) < 4.78 is 0. The highest BCUT2D eigenvalue weighted by atomic mass is 16.2. The summed E-state index contributed by atoms with van der Waals surface area (Å²) in [6, 6.07) is 19.8. The van der Waals surface area contributed by atoms with Crippen molar-refractivity contribution in [2.45, 2.75) is 12.5 Å². The van der Waals surface area contributed by atoms with E-state index < -0.39 is 6.04 Å². The summed E-state index contributed by atoms with van der Waals surface area (Å²) in [5, 5.41) is 8.85. The largest absolute Gasteiger partial charge is 0.354 e. The molecule has 0 radical (unpaired) electrons. The molecule has 0 aliphatic carbocycles. The summed E-state index contributed by atoms with van der Waals surface area (Å²) >= 11 is 0. The Kier molecular flexibility index (Phi) is 7.28. The van der Waals surface area contributed by atoms with Crippen molar-refractivity contribution >= 4 is 17.8 Å². The Labute approximate surface area is 169 Å². The Bertz CT molecular complexity index is 904. The molecule has 7 heteroatoms. The number of anilines is 1. The van der Waals surface area contributed by atoms with Gasteiger partial charge in [0.25, 0.3) is 5.91 Å². The van der Waals surface area contributed by atoms with Crippen LogP contribution < -0.4 is 16.0 Å². The third kappa shape index (κ3) is 6.42. The third-order valence-corrected chi connectivity index (χ3v) is 4.23. The van der Waals surface area contributed by atoms with Crippen LogP contribution in [0.1, 0.15) is 28.4 Å². The molecule has 0 saturated carbocycles. The minimum absolute atomic E-state index is 0.143. The minimum Gasteiger partial charge on any atom is -0.354 e. The van der Waals surface area contributed by atoms with Gasteiger partial charge in [0.05, 0.1) is 12.5 Å². The van der Waals surface area contributed by atoms with Crippen LogP contribution in [-0.2, 0) is 4.79 Å². The van der Waals surface area contributed by atoms with Crippen LogP contribution in [0.15, 0.2) is 79.1 Å². The number of rotatable bonds is 9. The summed E-state index contributed by atoms with van der Waals surface area (Å²) in [6.45, 7) is 0.924. The van der Waals surface area contributed by atoms with Crippen LogP contribution in [0.3, 0.4) is 0 Å². The zero-order chi connectivity index (χ0) is 20.3. The molecule has 0 bridgehead atoms. The van der Waals surface area contributed by atoms with Gasteiger partial charge in [0.15, 0.2) is 0 Å². The third-order valence-electron chi connectivity index (χ3n) is 4.23. The number of carbonyl (C=O) groups excluding carboxylic acids is 2. The first-order valence-electron chi connectivity index (χ1n) is 9.41. The number of hydrogen-bond donors (Lipinski definition) is 3. The van der Waals surface area contributed by atoms with Gasteiger partial charge in [0.1, 0.15) is 0 Å². The molecule has 0 aliphatic heterocycles. The molecule has 1 aromatic heterocycles. The highest BCUT2D eigenvalue weighted by Gasteiger charge is 2.19. The van der Waals surface area contributed by atoms with E-state index in [1.807, 2.05) is 48.5 Å². The predicted octanol–water partition coefficient (Wildman–Crippen LogP) is 2.57. The number of carbonyl (C=O) groups is 2. The van der Waals surface area contributed by atoms with Gasteiger partial charge in [-0.1, -0.05) is 48.5 Å². The molecular weight excluding hydrogens is 366 g/mol. The molecule has 0 fully saturated rings. The van der Waals surface area contributed by atoms with E-state index in [1.54, 1.807) is 30.6 Å². The molecule has 148 valence electrons. The second-order valence-corrected chi connectivity index (χ2v) is 6.36. The lowest BCUT2D eigenvalue weighted by atomic mass is 10.0. The molecule has 3 N–H and O–H groups in total. The number of aromatic nitrogens is 2. The van der Waals surface area contributed by atoms with Gasteiger partial charge in [-0.25, -0.2) is 9.97 Å². The number of nitrogens with one attached hydrogen (secondary N) is 3. The number of amides is 2. The molecule has 0 aliphatic rings. The molecular formula is C22H23N5O2. The predicted molar refractivity (Wildman–Crippen MR) is 111 cm³/mol. The molecule has 3 aromatic rings. The number of hydrogen-bond acceptors (Lipinski definition) is 5. The van der Waals surface area contributed by atoms with Crippen molar-refractivity contribution in [3.8, 4) is 0 Å². The molecule has 29 heavy (non-hydrogen) atoms. The van der Waals surface area contributed by atoms with Crippen LogP contribution in [0.4, 0.5) is 5.95 Å². The first-order valence-corrected chi connectivity index (χ1v) is 9.41. The van der Waals surface area contributed by atoms with Crippen molar-refractivity contribution in [2.24, 2.45) is 0 Å². The van der Waals surface area contributed by atoms with Gasteiger partial charge in [-0.15, -0.1) is 0 Å². The lowest BCUT2D eigenvalue weighted by Gasteiger charge is -2.19. The fourth-order valence-corrected chi connectivity index (χ4v) is 2.79. The average Bonchev–Trinajstić information content (AvgIpc) is 2.78. The topological polar surface area (TPSA) is 96.0 Å². The van der Waals surface area contributed by atoms with Crippen LogP contribution in [0, 0.1) is 0 Å². The maximum Gasteiger partial charge on any atom is 0.251 e. The van der Waals surface area contributed by atoms with Crippen molar-refractivity contribution in [3.05, 3.63) is 90.3 Å². The average molecular weight is 389 g/mol. The molecule has 1 atom stereocenters. The Morgan fingerprint density at radius 1 is 0.828 bits per heavy atom. The van der Waals surface area contributed by atoms with Crippen LogP contribution in [0.5, 0.6) is 0 Å². The number of nitrogens with zero attached hydrogens (tertiary/aromatic N) is 2. The Hall–Kier alpha value is -3.74. The summed E-state index contributed by atoms with van der Waals surface area (Å²) in [5.41, 5.74) is 1.43. The molecule has 7 nitrogen and oxygen atoms in total. The minimum atomic E-state index is -0.422. The first-order chi connectivity index (χ1) is 14.2. The van der Waals surface area contributed by atoms with Crippen molar-refractivity contribution in [1.29, 1.82) is 0 Å². The molecule has 0 saturated heterocycles. The van der Waals surface area contributed by atoms with E-state index in [2.05, 4.69) is 25.9 Å². The van der Waals surface area contributed by atoms with Crippen molar-refractivity contribution in [2.75, 3.05) is 18.4 Å². The fraction of sp³-hybridized carbons (Fsp3) is 0.182. The van der Waals surface area contributed by atoms with Crippen LogP contribution >= 0.6 is 0 Å². The Balaban J connectivity index is 1.55. The lowest BCUT2D eigenvalue weighted by Crippen LogP contribution is -2.35. The smallest absolute Gasteiger partial charge is 0.251 e. The normalized spacial score (nSPS) is 11.3. The SMILES string of the molecule is O=C(CC(NC(=O)c1ccccc1)c1ccccc1)NCCNc1ncccn1. The lowest BCUT2D eigenvalue weighted by molar-refractivity contribution is -0.121. The highest BCUT2D eigenvalue weighted by Crippen LogP contribution is 2.17. The zero-order valence-electron chi connectivity index (χ0n) is 15.9. The molecule has 1 unspecified atom stereocenters. The van der Waals surface area contributed by atoms with E-state index in [0.29, 0.717) is 24.6 Å². The van der Waals surface area contributed by atoms with E-state index in [-0.39, 0.29) is 18.2 Å². The Morgan fingerprint density at radius 2 is 1.48 bits per heavy atom. The van der Waals surface area contributed by atoms with Crippen molar-refractivity contribution in [3.63, 3.8) is 0 Å². The summed E-state index contributed by atoms with van der Waals surface area (Å²) in [6.07, 6.45) is 3.44. The molecule has 1 heterocycles. The molecule has 0 spiro atoms. The second-order valence-electron chi connectivity index (χ2n) is 6.36. The maximum atomic E-state index is 12.6. The van der Waals surface area contributed by atoms with E-state index in [0.717, 1.165) is 5.56 Å². The second kappa shape index (κ2) is 10.6. The maximum absolute atomic E-state index is 12.6. The Morgan fingerprint density at radius 3 is 2.17 bits per heavy atom. The standard InChI is InChI=1S/C22H23N5O2/c28-20(23-14-15-26-22-24-12-7-13-25-22)16-19(17-8-3-1-4-9-17)27-21(29)18-10-5-2-6-11-18/h1-13,19H,14-16H2,(H,23,28)(H,27,29)(H,24,25,26). The molecule has 2 amide bonds. The van der Waals surface area contributed by atoms with Crippen LogP contribution in [-0.4, -0.2) is 34.9 Å². The van der Waals surface area contributed by atoms with Gasteiger partial charge in [0.2, 0.25) is 11.9 Å². The van der Waals surface area contributed by atoms with Gasteiger partial charge in [-0.05, 0) is 23.8 Å². The van der Waals surface area contributed by atoms with Crippen molar-refractivity contribution in [1.82, 2.24) is 20.6 Å². The molecule has 2 aromatic carbocycles. The fourth-order valence-electron chi connectivity index (χ4n) is 2.79. The summed E-state index contributed by atoms with van der Waals surface area (Å²) in [5.74, 6) is 0.150. The molecule has 3 rings (SSSR count). The first kappa shape index (κ1) is 20.0. The summed E-state index contributed by atoms with van der Waals surface area (Å²) in [7, 11) is 0. The van der Waals surface area contributed by atoms with E-state index in [1.165, 1.54) is 0 Å². The van der Waals surface area contributed by atoms with E-state index in [9.17, 15) is 9.59 Å². The quantitative estimate of drug-likeness (QED) is 0.489. The van der Waals surface area contributed by atoms with E-state index >= 15 is 0 Å². The number of benzene rings is 2. The van der Waals surface area contributed by atoms with Crippen LogP contribution in [0.2, 0.25) is 0 Å². The van der Waals surface area contributed by atoms with Crippen molar-refractivity contribution < 1.29 is 9.59 Å². The van der Waals surface area contributed by atoms with Crippen LogP contribution in [0.25, 0.3) is 0 Å². The van der Waals surface area contributed by atoms with E-state index in [4.69, 9.17) is 0 Å². The van der Waals surface area contributed by atoms with Gasteiger partial charge in [-0.2, -0.15) is 0 Å². The van der Waals surface area contributed by atoms with Gasteiger partial charge >= 0.3 is 0 Å². The summed E-state index contributed by atoms with van der Waals surface area (Å²) in [4.78, 5) is 33.1. The van der Waals surface area contributed by atoms with Gasteiger partial charge < -0.3 is 16.0 Å². The van der Waals surface area contributed by atoms with Gasteiger partial charge in [0, 0.05) is 31.0 Å². The zero-order valence-corrected chi connectivity index (χ0v) is 15.9.